The lowest BCUT2D eigenvalue weighted by Gasteiger charge is -2.18. The Kier molecular flexibility index (Phi) is 8.19. The van der Waals surface area contributed by atoms with Gasteiger partial charge in [-0.05, 0) is 44.0 Å². The maximum atomic E-state index is 3.68. The van der Waals surface area contributed by atoms with Gasteiger partial charge in [0.1, 0.15) is 0 Å². The van der Waals surface area contributed by atoms with Crippen molar-refractivity contribution in [3.8, 4) is 0 Å². The van der Waals surface area contributed by atoms with E-state index in [1.807, 2.05) is 0 Å². The van der Waals surface area contributed by atoms with E-state index in [1.165, 1.54) is 35.5 Å². The second-order valence-electron chi connectivity index (χ2n) is 4.92. The van der Waals surface area contributed by atoms with E-state index in [-0.39, 0.29) is 0 Å². The molecule has 1 aromatic carbocycles. The van der Waals surface area contributed by atoms with Gasteiger partial charge in [0.05, 0.1) is 0 Å². The van der Waals surface area contributed by atoms with Gasteiger partial charge >= 0.3 is 0 Å². The lowest BCUT2D eigenvalue weighted by atomic mass is 10.0. The number of nitrogens with one attached hydrogen (secondary N) is 1. The highest BCUT2D eigenvalue weighted by molar-refractivity contribution is 7.99. The predicted octanol–water partition coefficient (Wildman–Crippen LogP) is 4.05. The molecular weight excluding hydrogens is 238 g/mol. The van der Waals surface area contributed by atoms with Crippen molar-refractivity contribution in [1.29, 1.82) is 0 Å². The Morgan fingerprint density at radius 3 is 2.72 bits per heavy atom. The molecule has 2 heteroatoms. The summed E-state index contributed by atoms with van der Waals surface area (Å²) in [4.78, 5) is 0. The van der Waals surface area contributed by atoms with Crippen LogP contribution in [0.4, 0.5) is 0 Å². The second-order valence-corrected chi connectivity index (χ2v) is 6.07. The normalized spacial score (nSPS) is 12.6. The molecule has 1 unspecified atom stereocenters. The SMILES string of the molecule is CCCNC(CSCCC)Cc1cccc(C)c1. The fourth-order valence-electron chi connectivity index (χ4n) is 2.03. The highest BCUT2D eigenvalue weighted by Crippen LogP contribution is 2.11. The highest BCUT2D eigenvalue weighted by atomic mass is 32.2. The Morgan fingerprint density at radius 2 is 2.06 bits per heavy atom. The molecule has 0 bridgehead atoms. The van der Waals surface area contributed by atoms with Crippen LogP contribution in [0.3, 0.4) is 0 Å². The van der Waals surface area contributed by atoms with E-state index in [0.717, 1.165) is 13.0 Å². The van der Waals surface area contributed by atoms with Gasteiger partial charge in [0.2, 0.25) is 0 Å². The quantitative estimate of drug-likeness (QED) is 0.676. The predicted molar refractivity (Wildman–Crippen MR) is 84.6 cm³/mol. The molecule has 0 spiro atoms. The van der Waals surface area contributed by atoms with Crippen LogP contribution in [0.2, 0.25) is 0 Å². The molecule has 1 nitrogen and oxygen atoms in total. The van der Waals surface area contributed by atoms with E-state index >= 15 is 0 Å². The fourth-order valence-corrected chi connectivity index (χ4v) is 3.01. The minimum absolute atomic E-state index is 0.614. The summed E-state index contributed by atoms with van der Waals surface area (Å²) in [6.45, 7) is 7.78. The van der Waals surface area contributed by atoms with Crippen molar-refractivity contribution >= 4 is 11.8 Å². The van der Waals surface area contributed by atoms with E-state index in [1.54, 1.807) is 0 Å². The van der Waals surface area contributed by atoms with Gasteiger partial charge in [-0.1, -0.05) is 43.7 Å². The molecule has 1 rings (SSSR count). The van der Waals surface area contributed by atoms with Gasteiger partial charge in [0.25, 0.3) is 0 Å². The molecule has 0 amide bonds. The van der Waals surface area contributed by atoms with Crippen LogP contribution in [-0.4, -0.2) is 24.1 Å². The molecule has 0 saturated carbocycles. The lowest BCUT2D eigenvalue weighted by molar-refractivity contribution is 0.550. The van der Waals surface area contributed by atoms with Gasteiger partial charge in [-0.2, -0.15) is 11.8 Å². The van der Waals surface area contributed by atoms with Gasteiger partial charge in [-0.15, -0.1) is 0 Å². The molecule has 1 atom stereocenters. The average Bonchev–Trinajstić information content (AvgIpc) is 2.36. The van der Waals surface area contributed by atoms with Crippen LogP contribution in [-0.2, 0) is 6.42 Å². The van der Waals surface area contributed by atoms with E-state index < -0.39 is 0 Å². The first-order valence-corrected chi connectivity index (χ1v) is 8.28. The van der Waals surface area contributed by atoms with Crippen LogP contribution < -0.4 is 5.32 Å². The minimum Gasteiger partial charge on any atom is -0.313 e. The van der Waals surface area contributed by atoms with E-state index in [9.17, 15) is 0 Å². The van der Waals surface area contributed by atoms with Gasteiger partial charge in [0.15, 0.2) is 0 Å². The van der Waals surface area contributed by atoms with Gasteiger partial charge in [-0.3, -0.25) is 0 Å². The summed E-state index contributed by atoms with van der Waals surface area (Å²) in [5.41, 5.74) is 2.82. The Bertz CT molecular complexity index is 325. The largest absolute Gasteiger partial charge is 0.313 e. The van der Waals surface area contributed by atoms with E-state index in [2.05, 4.69) is 62.1 Å². The molecule has 0 fully saturated rings. The monoisotopic (exact) mass is 265 g/mol. The first-order valence-electron chi connectivity index (χ1n) is 7.13. The molecule has 1 N–H and O–H groups in total. The lowest BCUT2D eigenvalue weighted by Crippen LogP contribution is -2.34. The van der Waals surface area contributed by atoms with Gasteiger partial charge < -0.3 is 5.32 Å². The van der Waals surface area contributed by atoms with Gasteiger partial charge in [0, 0.05) is 11.8 Å². The maximum absolute atomic E-state index is 3.68. The molecule has 1 aromatic rings. The van der Waals surface area contributed by atoms with Crippen molar-refractivity contribution in [2.75, 3.05) is 18.1 Å². The van der Waals surface area contributed by atoms with Crippen LogP contribution in [0.1, 0.15) is 37.8 Å². The smallest absolute Gasteiger partial charge is 0.0198 e. The number of aryl methyl sites for hydroxylation is 1. The molecule has 0 aliphatic rings. The maximum Gasteiger partial charge on any atom is 0.0198 e. The molecular formula is C16H27NS. The van der Waals surface area contributed by atoms with Crippen LogP contribution >= 0.6 is 11.8 Å². The molecule has 18 heavy (non-hydrogen) atoms. The molecule has 0 aliphatic heterocycles. The average molecular weight is 265 g/mol. The van der Waals surface area contributed by atoms with Crippen molar-refractivity contribution in [3.05, 3.63) is 35.4 Å². The molecule has 0 saturated heterocycles. The van der Waals surface area contributed by atoms with E-state index in [0.29, 0.717) is 6.04 Å². The first-order chi connectivity index (χ1) is 8.76. The van der Waals surface area contributed by atoms with Crippen molar-refractivity contribution in [2.24, 2.45) is 0 Å². The first kappa shape index (κ1) is 15.6. The molecule has 0 heterocycles. The molecule has 0 aromatic heterocycles. The van der Waals surface area contributed by atoms with Crippen molar-refractivity contribution in [2.45, 2.75) is 46.1 Å². The Morgan fingerprint density at radius 1 is 1.22 bits per heavy atom. The zero-order valence-corrected chi connectivity index (χ0v) is 12.9. The Labute approximate surface area is 117 Å². The number of benzene rings is 1. The molecule has 102 valence electrons. The highest BCUT2D eigenvalue weighted by Gasteiger charge is 2.08. The third-order valence-electron chi connectivity index (χ3n) is 2.92. The van der Waals surface area contributed by atoms with Gasteiger partial charge in [-0.25, -0.2) is 0 Å². The van der Waals surface area contributed by atoms with Crippen molar-refractivity contribution in [3.63, 3.8) is 0 Å². The summed E-state index contributed by atoms with van der Waals surface area (Å²) in [7, 11) is 0. The second kappa shape index (κ2) is 9.46. The van der Waals surface area contributed by atoms with Crippen LogP contribution in [0.15, 0.2) is 24.3 Å². The zero-order valence-electron chi connectivity index (χ0n) is 12.0. The fraction of sp³-hybridized carbons (Fsp3) is 0.625. The summed E-state index contributed by atoms with van der Waals surface area (Å²) in [6, 6.07) is 9.51. The summed E-state index contributed by atoms with van der Waals surface area (Å²) >= 11 is 2.07. The van der Waals surface area contributed by atoms with Crippen LogP contribution in [0.25, 0.3) is 0 Å². The molecule has 0 radical (unpaired) electrons. The molecule has 0 aliphatic carbocycles. The van der Waals surface area contributed by atoms with Crippen molar-refractivity contribution < 1.29 is 0 Å². The summed E-state index contributed by atoms with van der Waals surface area (Å²) < 4.78 is 0. The zero-order chi connectivity index (χ0) is 13.2. The number of thioether (sulfide) groups is 1. The van der Waals surface area contributed by atoms with Crippen LogP contribution in [0, 0.1) is 6.92 Å². The Balaban J connectivity index is 2.48. The van der Waals surface area contributed by atoms with E-state index in [4.69, 9.17) is 0 Å². The minimum atomic E-state index is 0.614. The summed E-state index contributed by atoms with van der Waals surface area (Å²) in [5, 5.41) is 3.68. The Hall–Kier alpha value is -0.470. The van der Waals surface area contributed by atoms with Crippen molar-refractivity contribution in [1.82, 2.24) is 5.32 Å². The third kappa shape index (κ3) is 6.46. The summed E-state index contributed by atoms with van der Waals surface area (Å²) in [6.07, 6.45) is 3.64. The third-order valence-corrected chi connectivity index (χ3v) is 4.25. The number of hydrogen-bond acceptors (Lipinski definition) is 2. The topological polar surface area (TPSA) is 12.0 Å². The number of hydrogen-bond donors (Lipinski definition) is 1. The number of rotatable bonds is 9. The standard InChI is InChI=1S/C16H27NS/c1-4-9-17-16(13-18-10-5-2)12-15-8-6-7-14(3)11-15/h6-8,11,16-17H,4-5,9-10,12-13H2,1-3H3. The summed E-state index contributed by atoms with van der Waals surface area (Å²) in [5.74, 6) is 2.50. The van der Waals surface area contributed by atoms with Crippen LogP contribution in [0.5, 0.6) is 0 Å².